The van der Waals surface area contributed by atoms with E-state index in [1.54, 1.807) is 11.3 Å². The van der Waals surface area contributed by atoms with E-state index in [1.807, 2.05) is 54.0 Å². The number of thiazole rings is 1. The van der Waals surface area contributed by atoms with Crippen LogP contribution in [0.3, 0.4) is 0 Å². The van der Waals surface area contributed by atoms with E-state index >= 15 is 0 Å². The third-order valence-electron chi connectivity index (χ3n) is 7.56. The minimum absolute atomic E-state index is 0.615. The van der Waals surface area contributed by atoms with Crippen molar-refractivity contribution in [1.82, 2.24) is 19.5 Å². The number of hydrogen-bond donors (Lipinski definition) is 0. The van der Waals surface area contributed by atoms with Gasteiger partial charge in [0.15, 0.2) is 5.58 Å². The van der Waals surface area contributed by atoms with Gasteiger partial charge in [-0.15, -0.1) is 11.3 Å². The van der Waals surface area contributed by atoms with Crippen LogP contribution in [0.5, 0.6) is 0 Å². The van der Waals surface area contributed by atoms with E-state index in [-0.39, 0.29) is 0 Å². The Labute approximate surface area is 225 Å². The van der Waals surface area contributed by atoms with Gasteiger partial charge in [-0.2, -0.15) is 0 Å². The van der Waals surface area contributed by atoms with Crippen molar-refractivity contribution in [3.63, 3.8) is 0 Å². The average Bonchev–Trinajstić information content (AvgIpc) is 3.70. The van der Waals surface area contributed by atoms with Gasteiger partial charge in [0, 0.05) is 27.1 Å². The molecule has 9 rings (SSSR count). The molecule has 5 aromatic carbocycles. The van der Waals surface area contributed by atoms with Crippen LogP contribution in [-0.4, -0.2) is 19.5 Å². The lowest BCUT2D eigenvalue weighted by Gasteiger charge is -2.11. The van der Waals surface area contributed by atoms with E-state index < -0.39 is 0 Å². The second-order valence-corrected chi connectivity index (χ2v) is 10.5. The molecule has 0 saturated carbocycles. The summed E-state index contributed by atoms with van der Waals surface area (Å²) >= 11 is 1.66. The molecule has 4 aromatic heterocycles. The predicted molar refractivity (Wildman–Crippen MR) is 160 cm³/mol. The molecule has 0 amide bonds. The van der Waals surface area contributed by atoms with Crippen LogP contribution in [0.4, 0.5) is 0 Å². The second-order valence-electron chi connectivity index (χ2n) is 9.66. The maximum absolute atomic E-state index is 6.63. The molecule has 0 atom stereocenters. The van der Waals surface area contributed by atoms with E-state index in [1.165, 1.54) is 0 Å². The highest BCUT2D eigenvalue weighted by molar-refractivity contribution is 7.18. The SMILES string of the molecule is c1ccc(-c2nc(-n3c4ccccc4c4c5scnc5c5c6ccccc6oc5c43)nc3ccccc23)cc1. The zero-order valence-electron chi connectivity index (χ0n) is 20.5. The van der Waals surface area contributed by atoms with Crippen molar-refractivity contribution in [2.45, 2.75) is 0 Å². The van der Waals surface area contributed by atoms with Crippen molar-refractivity contribution in [3.8, 4) is 17.2 Å². The second kappa shape index (κ2) is 7.72. The highest BCUT2D eigenvalue weighted by Gasteiger charge is 2.25. The Hall–Kier alpha value is -5.07. The summed E-state index contributed by atoms with van der Waals surface area (Å²) < 4.78 is 9.94. The molecule has 39 heavy (non-hydrogen) atoms. The number of para-hydroxylation sites is 3. The van der Waals surface area contributed by atoms with Crippen molar-refractivity contribution < 1.29 is 4.42 Å². The van der Waals surface area contributed by atoms with Gasteiger partial charge in [-0.25, -0.2) is 15.0 Å². The van der Waals surface area contributed by atoms with Crippen LogP contribution in [-0.2, 0) is 0 Å². The molecule has 0 unspecified atom stereocenters. The first kappa shape index (κ1) is 20.9. The van der Waals surface area contributed by atoms with Gasteiger partial charge in [-0.3, -0.25) is 4.57 Å². The zero-order chi connectivity index (χ0) is 25.5. The van der Waals surface area contributed by atoms with Crippen molar-refractivity contribution in [3.05, 3.63) is 109 Å². The minimum atomic E-state index is 0.615. The highest BCUT2D eigenvalue weighted by atomic mass is 32.1. The Morgan fingerprint density at radius 1 is 0.667 bits per heavy atom. The van der Waals surface area contributed by atoms with Crippen molar-refractivity contribution in [1.29, 1.82) is 0 Å². The molecule has 0 radical (unpaired) electrons. The van der Waals surface area contributed by atoms with Gasteiger partial charge in [-0.1, -0.05) is 84.9 Å². The van der Waals surface area contributed by atoms with Crippen LogP contribution in [0.25, 0.3) is 82.1 Å². The number of benzene rings is 5. The summed E-state index contributed by atoms with van der Waals surface area (Å²) in [7, 11) is 0. The van der Waals surface area contributed by atoms with E-state index in [4.69, 9.17) is 19.4 Å². The standard InChI is InChI=1S/C33H18N4OS/c1-2-10-19(11-3-1)28-20-12-4-7-15-23(20)35-33(36-28)37-24-16-8-5-13-21(24)27-30(37)31-26(29-32(27)39-18-34-29)22-14-6-9-17-25(22)38-31/h1-18H. The molecule has 0 spiro atoms. The molecule has 9 aromatic rings. The lowest BCUT2D eigenvalue weighted by Crippen LogP contribution is -2.03. The third kappa shape index (κ3) is 2.81. The lowest BCUT2D eigenvalue weighted by molar-refractivity contribution is 0.671. The molecule has 0 aliphatic rings. The van der Waals surface area contributed by atoms with Gasteiger partial charge >= 0.3 is 0 Å². The number of nitrogens with zero attached hydrogens (tertiary/aromatic N) is 4. The summed E-state index contributed by atoms with van der Waals surface area (Å²) in [5.74, 6) is 0.615. The highest BCUT2D eigenvalue weighted by Crippen LogP contribution is 2.46. The summed E-state index contributed by atoms with van der Waals surface area (Å²) in [4.78, 5) is 15.2. The van der Waals surface area contributed by atoms with Gasteiger partial charge in [0.25, 0.3) is 0 Å². The molecule has 0 bridgehead atoms. The van der Waals surface area contributed by atoms with Crippen LogP contribution < -0.4 is 0 Å². The molecule has 4 heterocycles. The molecule has 5 nitrogen and oxygen atoms in total. The van der Waals surface area contributed by atoms with Gasteiger partial charge in [0.1, 0.15) is 11.1 Å². The molecule has 0 aliphatic carbocycles. The Bertz CT molecular complexity index is 2400. The summed E-state index contributed by atoms with van der Waals surface area (Å²) in [5, 5.41) is 5.36. The molecule has 0 fully saturated rings. The molecule has 0 aliphatic heterocycles. The predicted octanol–water partition coefficient (Wildman–Crippen LogP) is 8.90. The molecule has 0 N–H and O–H groups in total. The Kier molecular flexibility index (Phi) is 4.14. The fraction of sp³-hybridized carbons (Fsp3) is 0. The summed E-state index contributed by atoms with van der Waals surface area (Å²) in [6.45, 7) is 0. The minimum Gasteiger partial charge on any atom is -0.454 e. The quantitative estimate of drug-likeness (QED) is 0.229. The molecular weight excluding hydrogens is 500 g/mol. The Balaban J connectivity index is 1.53. The van der Waals surface area contributed by atoms with E-state index in [0.717, 1.165) is 76.1 Å². The van der Waals surface area contributed by atoms with Crippen LogP contribution in [0, 0.1) is 0 Å². The van der Waals surface area contributed by atoms with E-state index in [9.17, 15) is 0 Å². The number of fused-ring (bicyclic) bond motifs is 11. The van der Waals surface area contributed by atoms with Gasteiger partial charge in [0.05, 0.1) is 37.8 Å². The van der Waals surface area contributed by atoms with Crippen LogP contribution >= 0.6 is 11.3 Å². The average molecular weight is 519 g/mol. The third-order valence-corrected chi connectivity index (χ3v) is 8.40. The van der Waals surface area contributed by atoms with Gasteiger partial charge in [-0.05, 0) is 18.2 Å². The van der Waals surface area contributed by atoms with Crippen molar-refractivity contribution in [2.24, 2.45) is 0 Å². The van der Waals surface area contributed by atoms with Gasteiger partial charge < -0.3 is 4.42 Å². The number of rotatable bonds is 2. The summed E-state index contributed by atoms with van der Waals surface area (Å²) in [6.07, 6.45) is 0. The summed E-state index contributed by atoms with van der Waals surface area (Å²) in [5.41, 5.74) is 9.40. The van der Waals surface area contributed by atoms with Crippen LogP contribution in [0.1, 0.15) is 0 Å². The normalized spacial score (nSPS) is 12.1. The molecule has 0 saturated heterocycles. The Morgan fingerprint density at radius 2 is 1.41 bits per heavy atom. The largest absolute Gasteiger partial charge is 0.454 e. The molecular formula is C33H18N4OS. The first-order valence-corrected chi connectivity index (χ1v) is 13.7. The van der Waals surface area contributed by atoms with Crippen molar-refractivity contribution >= 4 is 76.2 Å². The van der Waals surface area contributed by atoms with Crippen molar-refractivity contribution in [2.75, 3.05) is 0 Å². The monoisotopic (exact) mass is 518 g/mol. The first-order chi connectivity index (χ1) is 19.4. The fourth-order valence-electron chi connectivity index (χ4n) is 5.92. The lowest BCUT2D eigenvalue weighted by atomic mass is 10.1. The van der Waals surface area contributed by atoms with Gasteiger partial charge in [0.2, 0.25) is 5.95 Å². The van der Waals surface area contributed by atoms with E-state index in [2.05, 4.69) is 59.2 Å². The topological polar surface area (TPSA) is 56.7 Å². The number of hydrogen-bond acceptors (Lipinski definition) is 5. The Morgan fingerprint density at radius 3 is 2.31 bits per heavy atom. The molecule has 182 valence electrons. The number of furan rings is 1. The van der Waals surface area contributed by atoms with E-state index in [0.29, 0.717) is 5.95 Å². The van der Waals surface area contributed by atoms with Crippen LogP contribution in [0.15, 0.2) is 113 Å². The van der Waals surface area contributed by atoms with Crippen LogP contribution in [0.2, 0.25) is 0 Å². The smallest absolute Gasteiger partial charge is 0.235 e. The maximum atomic E-state index is 6.63. The fourth-order valence-corrected chi connectivity index (χ4v) is 6.78. The maximum Gasteiger partial charge on any atom is 0.235 e. The first-order valence-electron chi connectivity index (χ1n) is 12.8. The molecule has 6 heteroatoms. The summed E-state index contributed by atoms with van der Waals surface area (Å²) in [6, 6.07) is 35.2. The number of aromatic nitrogens is 4. The zero-order valence-corrected chi connectivity index (χ0v) is 21.3.